The molecule has 0 saturated carbocycles. The fraction of sp³-hybridized carbons (Fsp3) is 0.318. The SMILES string of the molecule is CCOc1cc([C@@H](CS(C)(=O)=O)N2C(=O)c3cccc(CC(N)=O)c3C2=O)ccc1OC. The van der Waals surface area contributed by atoms with E-state index in [9.17, 15) is 22.8 Å². The number of hydrogen-bond acceptors (Lipinski definition) is 7. The third-order valence-electron chi connectivity index (χ3n) is 5.04. The molecule has 0 aliphatic carbocycles. The molecular formula is C22H24N2O7S. The zero-order valence-corrected chi connectivity index (χ0v) is 18.8. The molecule has 170 valence electrons. The van der Waals surface area contributed by atoms with Crippen molar-refractivity contribution in [2.45, 2.75) is 19.4 Å². The van der Waals surface area contributed by atoms with Gasteiger partial charge in [0.25, 0.3) is 11.8 Å². The van der Waals surface area contributed by atoms with E-state index in [0.29, 0.717) is 29.2 Å². The molecule has 0 spiro atoms. The van der Waals surface area contributed by atoms with E-state index in [1.807, 2.05) is 0 Å². The molecule has 0 aromatic heterocycles. The Morgan fingerprint density at radius 2 is 1.84 bits per heavy atom. The molecule has 10 heteroatoms. The molecule has 0 fully saturated rings. The van der Waals surface area contributed by atoms with Gasteiger partial charge in [-0.2, -0.15) is 0 Å². The molecule has 0 saturated heterocycles. The van der Waals surface area contributed by atoms with Crippen molar-refractivity contribution in [3.05, 3.63) is 58.7 Å². The Kier molecular flexibility index (Phi) is 6.54. The minimum atomic E-state index is -3.61. The number of sulfone groups is 1. The van der Waals surface area contributed by atoms with E-state index in [2.05, 4.69) is 0 Å². The molecule has 1 heterocycles. The van der Waals surface area contributed by atoms with E-state index in [4.69, 9.17) is 15.2 Å². The lowest BCUT2D eigenvalue weighted by Crippen LogP contribution is -2.38. The standard InChI is InChI=1S/C22H24N2O7S/c1-4-31-18-10-13(8-9-17(18)30-2)16(12-32(3,28)29)24-21(26)15-7-5-6-14(11-19(23)25)20(15)22(24)27/h5-10,16H,4,11-12H2,1-3H3,(H2,23,25)/t16-/m1/s1. The van der Waals surface area contributed by atoms with E-state index >= 15 is 0 Å². The van der Waals surface area contributed by atoms with Crippen molar-refractivity contribution in [1.82, 2.24) is 4.90 Å². The summed E-state index contributed by atoms with van der Waals surface area (Å²) in [4.78, 5) is 38.9. The number of amides is 3. The lowest BCUT2D eigenvalue weighted by atomic mass is 10.0. The van der Waals surface area contributed by atoms with Gasteiger partial charge in [-0.25, -0.2) is 8.42 Å². The van der Waals surface area contributed by atoms with Crippen molar-refractivity contribution in [3.63, 3.8) is 0 Å². The van der Waals surface area contributed by atoms with E-state index in [1.165, 1.54) is 13.2 Å². The highest BCUT2D eigenvalue weighted by Gasteiger charge is 2.43. The molecule has 3 amide bonds. The van der Waals surface area contributed by atoms with Crippen molar-refractivity contribution < 1.29 is 32.3 Å². The Morgan fingerprint density at radius 1 is 1.12 bits per heavy atom. The van der Waals surface area contributed by atoms with Gasteiger partial charge in [0.05, 0.1) is 43.1 Å². The first-order valence-corrected chi connectivity index (χ1v) is 11.9. The molecule has 32 heavy (non-hydrogen) atoms. The summed E-state index contributed by atoms with van der Waals surface area (Å²) in [7, 11) is -2.14. The zero-order valence-electron chi connectivity index (χ0n) is 18.0. The molecule has 2 N–H and O–H groups in total. The molecule has 3 rings (SSSR count). The molecule has 1 atom stereocenters. The molecule has 2 aromatic carbocycles. The number of methoxy groups -OCH3 is 1. The van der Waals surface area contributed by atoms with Gasteiger partial charge in [-0.05, 0) is 36.2 Å². The number of benzene rings is 2. The third kappa shape index (κ3) is 4.59. The van der Waals surface area contributed by atoms with Crippen LogP contribution >= 0.6 is 0 Å². The number of imide groups is 1. The molecule has 0 bridgehead atoms. The lowest BCUT2D eigenvalue weighted by Gasteiger charge is -2.27. The maximum Gasteiger partial charge on any atom is 0.262 e. The van der Waals surface area contributed by atoms with Crippen molar-refractivity contribution in [3.8, 4) is 11.5 Å². The van der Waals surface area contributed by atoms with Crippen molar-refractivity contribution >= 4 is 27.6 Å². The van der Waals surface area contributed by atoms with Crippen LogP contribution in [0.1, 0.15) is 44.8 Å². The van der Waals surface area contributed by atoms with Crippen LogP contribution in [0.3, 0.4) is 0 Å². The second kappa shape index (κ2) is 8.99. The van der Waals surface area contributed by atoms with Gasteiger partial charge in [-0.3, -0.25) is 19.3 Å². The van der Waals surface area contributed by atoms with E-state index in [-0.39, 0.29) is 17.5 Å². The van der Waals surface area contributed by atoms with Crippen LogP contribution in [0.25, 0.3) is 0 Å². The van der Waals surface area contributed by atoms with Crippen molar-refractivity contribution in [1.29, 1.82) is 0 Å². The summed E-state index contributed by atoms with van der Waals surface area (Å²) in [6, 6.07) is 8.20. The van der Waals surface area contributed by atoms with Crippen molar-refractivity contribution in [2.75, 3.05) is 25.7 Å². The lowest BCUT2D eigenvalue weighted by molar-refractivity contribution is -0.117. The fourth-order valence-corrected chi connectivity index (χ4v) is 4.68. The summed E-state index contributed by atoms with van der Waals surface area (Å²) in [6.07, 6.45) is 0.813. The molecular weight excluding hydrogens is 436 g/mol. The summed E-state index contributed by atoms with van der Waals surface area (Å²) in [5, 5.41) is 0. The number of nitrogens with two attached hydrogens (primary N) is 1. The fourth-order valence-electron chi connectivity index (χ4n) is 3.77. The highest BCUT2D eigenvalue weighted by Crippen LogP contribution is 2.37. The molecule has 1 aliphatic rings. The van der Waals surface area contributed by atoms with Crippen LogP contribution in [0.15, 0.2) is 36.4 Å². The quantitative estimate of drug-likeness (QED) is 0.561. The summed E-state index contributed by atoms with van der Waals surface area (Å²) in [5.41, 5.74) is 6.16. The zero-order chi connectivity index (χ0) is 23.6. The van der Waals surface area contributed by atoms with Crippen LogP contribution in [0, 0.1) is 0 Å². The molecule has 2 aromatic rings. The maximum atomic E-state index is 13.3. The second-order valence-electron chi connectivity index (χ2n) is 7.41. The topological polar surface area (TPSA) is 133 Å². The van der Waals surface area contributed by atoms with Gasteiger partial charge < -0.3 is 15.2 Å². The summed E-state index contributed by atoms with van der Waals surface area (Å²) in [5.74, 6) is -1.66. The van der Waals surface area contributed by atoms with Crippen LogP contribution in [0.4, 0.5) is 0 Å². The Labute approximate surface area is 186 Å². The van der Waals surface area contributed by atoms with Gasteiger partial charge in [-0.15, -0.1) is 0 Å². The smallest absolute Gasteiger partial charge is 0.262 e. The minimum absolute atomic E-state index is 0.0633. The van der Waals surface area contributed by atoms with Crippen LogP contribution in [-0.4, -0.2) is 56.8 Å². The Bertz CT molecular complexity index is 1190. The normalized spacial score (nSPS) is 14.3. The highest BCUT2D eigenvalue weighted by atomic mass is 32.2. The number of ether oxygens (including phenoxy) is 2. The average molecular weight is 461 g/mol. The predicted molar refractivity (Wildman–Crippen MR) is 116 cm³/mol. The van der Waals surface area contributed by atoms with Gasteiger partial charge in [-0.1, -0.05) is 18.2 Å². The van der Waals surface area contributed by atoms with Crippen LogP contribution in [-0.2, 0) is 21.1 Å². The van der Waals surface area contributed by atoms with Gasteiger partial charge in [0.1, 0.15) is 9.84 Å². The number of fused-ring (bicyclic) bond motifs is 1. The van der Waals surface area contributed by atoms with Crippen LogP contribution < -0.4 is 15.2 Å². The number of primary amides is 1. The largest absolute Gasteiger partial charge is 0.493 e. The van der Waals surface area contributed by atoms with Crippen LogP contribution in [0.5, 0.6) is 11.5 Å². The first kappa shape index (κ1) is 23.3. The summed E-state index contributed by atoms with van der Waals surface area (Å²) >= 11 is 0. The average Bonchev–Trinajstić information content (AvgIpc) is 2.96. The number of rotatable bonds is 9. The van der Waals surface area contributed by atoms with E-state index in [0.717, 1.165) is 11.2 Å². The van der Waals surface area contributed by atoms with Crippen molar-refractivity contribution in [2.24, 2.45) is 5.73 Å². The Balaban J connectivity index is 2.13. The number of carbonyl (C=O) groups excluding carboxylic acids is 3. The van der Waals surface area contributed by atoms with Gasteiger partial charge in [0.2, 0.25) is 5.91 Å². The number of nitrogens with zero attached hydrogens (tertiary/aromatic N) is 1. The molecule has 9 nitrogen and oxygen atoms in total. The molecule has 0 unspecified atom stereocenters. The third-order valence-corrected chi connectivity index (χ3v) is 5.96. The number of carbonyl (C=O) groups is 3. The first-order chi connectivity index (χ1) is 15.1. The van der Waals surface area contributed by atoms with Crippen LogP contribution in [0.2, 0.25) is 0 Å². The Morgan fingerprint density at radius 3 is 2.44 bits per heavy atom. The highest BCUT2D eigenvalue weighted by molar-refractivity contribution is 7.90. The summed E-state index contributed by atoms with van der Waals surface area (Å²) in [6.45, 7) is 2.12. The minimum Gasteiger partial charge on any atom is -0.493 e. The van der Waals surface area contributed by atoms with Gasteiger partial charge in [0, 0.05) is 6.26 Å². The number of hydrogen-bond donors (Lipinski definition) is 1. The monoisotopic (exact) mass is 460 g/mol. The molecule has 1 aliphatic heterocycles. The predicted octanol–water partition coefficient (Wildman–Crippen LogP) is 1.50. The van der Waals surface area contributed by atoms with Gasteiger partial charge in [0.15, 0.2) is 11.5 Å². The Hall–Kier alpha value is -3.40. The molecule has 0 radical (unpaired) electrons. The van der Waals surface area contributed by atoms with E-state index in [1.54, 1.807) is 37.3 Å². The second-order valence-corrected chi connectivity index (χ2v) is 9.60. The summed E-state index contributed by atoms with van der Waals surface area (Å²) < 4.78 is 35.3. The van der Waals surface area contributed by atoms with E-state index < -0.39 is 39.4 Å². The maximum absolute atomic E-state index is 13.3. The first-order valence-electron chi connectivity index (χ1n) is 9.84. The van der Waals surface area contributed by atoms with Gasteiger partial charge >= 0.3 is 0 Å².